The Bertz CT molecular complexity index is 408. The quantitative estimate of drug-likeness (QED) is 0.741. The molecule has 0 spiro atoms. The highest BCUT2D eigenvalue weighted by Crippen LogP contribution is 2.38. The maximum absolute atomic E-state index is 13.6. The van der Waals surface area contributed by atoms with Crippen molar-refractivity contribution in [1.82, 2.24) is 5.32 Å². The predicted octanol–water partition coefficient (Wildman–Crippen LogP) is 2.64. The average molecular weight is 246 g/mol. The summed E-state index contributed by atoms with van der Waals surface area (Å²) in [4.78, 5) is 0. The lowest BCUT2D eigenvalue weighted by Crippen LogP contribution is -2.39. The van der Waals surface area contributed by atoms with Gasteiger partial charge in [-0.1, -0.05) is 6.07 Å². The van der Waals surface area contributed by atoms with Gasteiger partial charge in [-0.15, -0.1) is 12.4 Å². The molecular weight excluding hydrogens is 232 g/mol. The molecule has 0 amide bonds. The Balaban J connectivity index is 0.000000963. The summed E-state index contributed by atoms with van der Waals surface area (Å²) in [5.41, 5.74) is 1.63. The van der Waals surface area contributed by atoms with Gasteiger partial charge in [-0.3, -0.25) is 0 Å². The van der Waals surface area contributed by atoms with E-state index in [1.54, 1.807) is 6.07 Å². The highest BCUT2D eigenvalue weighted by molar-refractivity contribution is 5.85. The summed E-state index contributed by atoms with van der Waals surface area (Å²) in [5.74, 6) is -0.471. The van der Waals surface area contributed by atoms with E-state index in [-0.39, 0.29) is 12.4 Å². The van der Waals surface area contributed by atoms with Crippen LogP contribution in [0.4, 0.5) is 8.78 Å². The van der Waals surface area contributed by atoms with Crippen LogP contribution >= 0.6 is 12.4 Å². The van der Waals surface area contributed by atoms with Crippen molar-refractivity contribution < 1.29 is 8.78 Å². The van der Waals surface area contributed by atoms with Gasteiger partial charge in [0.1, 0.15) is 0 Å². The average Bonchev–Trinajstić information content (AvgIpc) is 2.25. The maximum Gasteiger partial charge on any atom is 0.162 e. The van der Waals surface area contributed by atoms with Crippen molar-refractivity contribution >= 4 is 12.4 Å². The molecule has 16 heavy (non-hydrogen) atoms. The van der Waals surface area contributed by atoms with Crippen LogP contribution in [0.3, 0.4) is 0 Å². The minimum absolute atomic E-state index is 0. The Hall–Kier alpha value is -0.670. The molecule has 1 heterocycles. The van der Waals surface area contributed by atoms with E-state index < -0.39 is 11.6 Å². The minimum Gasteiger partial charge on any atom is -0.316 e. The zero-order chi connectivity index (χ0) is 10.4. The van der Waals surface area contributed by atoms with Gasteiger partial charge in [0.15, 0.2) is 11.6 Å². The molecule has 4 heteroatoms. The molecule has 0 radical (unpaired) electrons. The monoisotopic (exact) mass is 245 g/mol. The molecule has 1 fully saturated rings. The van der Waals surface area contributed by atoms with Gasteiger partial charge in [-0.05, 0) is 48.4 Å². The third-order valence-electron chi connectivity index (χ3n) is 3.61. The van der Waals surface area contributed by atoms with Crippen LogP contribution in [0.2, 0.25) is 0 Å². The Morgan fingerprint density at radius 1 is 1.19 bits per heavy atom. The smallest absolute Gasteiger partial charge is 0.162 e. The molecule has 0 saturated carbocycles. The third-order valence-corrected chi connectivity index (χ3v) is 3.61. The molecule has 1 nitrogen and oxygen atoms in total. The largest absolute Gasteiger partial charge is 0.316 e. The number of piperidine rings is 1. The van der Waals surface area contributed by atoms with Crippen molar-refractivity contribution in [3.05, 3.63) is 34.9 Å². The lowest BCUT2D eigenvalue weighted by Gasteiger charge is -2.36. The first-order valence-corrected chi connectivity index (χ1v) is 5.43. The minimum atomic E-state index is -0.707. The van der Waals surface area contributed by atoms with Gasteiger partial charge in [-0.2, -0.15) is 0 Å². The van der Waals surface area contributed by atoms with E-state index in [9.17, 15) is 8.78 Å². The molecule has 1 aliphatic carbocycles. The van der Waals surface area contributed by atoms with Gasteiger partial charge in [0.25, 0.3) is 0 Å². The standard InChI is InChI=1S/C12H13F2N.ClH/c13-11-2-1-9-8-3-7(5-15-6-8)4-10(9)12(11)14;/h1-2,7-8,15H,3-6H2;1H/t7-,8-;/m1./s1. The lowest BCUT2D eigenvalue weighted by molar-refractivity contribution is 0.310. The second-order valence-corrected chi connectivity index (χ2v) is 4.59. The Labute approximate surface area is 99.6 Å². The molecular formula is C12H14ClF2N. The molecule has 0 aromatic heterocycles. The van der Waals surface area contributed by atoms with E-state index in [0.29, 0.717) is 23.8 Å². The Morgan fingerprint density at radius 2 is 2.00 bits per heavy atom. The molecule has 0 unspecified atom stereocenters. The predicted molar refractivity (Wildman–Crippen MR) is 61.0 cm³/mol. The Morgan fingerprint density at radius 3 is 2.81 bits per heavy atom. The lowest BCUT2D eigenvalue weighted by atomic mass is 9.74. The van der Waals surface area contributed by atoms with Crippen LogP contribution in [0.15, 0.2) is 12.1 Å². The van der Waals surface area contributed by atoms with Crippen LogP contribution in [-0.4, -0.2) is 13.1 Å². The fourth-order valence-corrected chi connectivity index (χ4v) is 2.91. The van der Waals surface area contributed by atoms with Crippen LogP contribution in [-0.2, 0) is 6.42 Å². The second-order valence-electron chi connectivity index (χ2n) is 4.59. The fourth-order valence-electron chi connectivity index (χ4n) is 2.91. The summed E-state index contributed by atoms with van der Waals surface area (Å²) in [6, 6.07) is 3.00. The van der Waals surface area contributed by atoms with Gasteiger partial charge in [-0.25, -0.2) is 8.78 Å². The number of fused-ring (bicyclic) bond motifs is 4. The number of rotatable bonds is 0. The van der Waals surface area contributed by atoms with E-state index in [4.69, 9.17) is 0 Å². The van der Waals surface area contributed by atoms with Gasteiger partial charge < -0.3 is 5.32 Å². The number of hydrogen-bond donors (Lipinski definition) is 1. The molecule has 1 N–H and O–H groups in total. The summed E-state index contributed by atoms with van der Waals surface area (Å²) < 4.78 is 26.7. The molecule has 1 aromatic rings. The second kappa shape index (κ2) is 4.30. The topological polar surface area (TPSA) is 12.0 Å². The van der Waals surface area contributed by atoms with Crippen LogP contribution in [0.25, 0.3) is 0 Å². The highest BCUT2D eigenvalue weighted by atomic mass is 35.5. The van der Waals surface area contributed by atoms with Crippen LogP contribution in [0.5, 0.6) is 0 Å². The van der Waals surface area contributed by atoms with Gasteiger partial charge in [0.2, 0.25) is 0 Å². The van der Waals surface area contributed by atoms with Crippen molar-refractivity contribution in [2.75, 3.05) is 13.1 Å². The van der Waals surface area contributed by atoms with E-state index in [1.807, 2.05) is 0 Å². The summed E-state index contributed by atoms with van der Waals surface area (Å²) in [5, 5.41) is 3.35. The molecule has 3 rings (SSSR count). The molecule has 2 aliphatic rings. The first kappa shape index (κ1) is 11.8. The summed E-state index contributed by atoms with van der Waals surface area (Å²) in [7, 11) is 0. The highest BCUT2D eigenvalue weighted by Gasteiger charge is 2.32. The van der Waals surface area contributed by atoms with E-state index in [0.717, 1.165) is 25.1 Å². The maximum atomic E-state index is 13.6. The van der Waals surface area contributed by atoms with Crippen molar-refractivity contribution in [3.8, 4) is 0 Å². The number of halogens is 3. The summed E-state index contributed by atoms with van der Waals surface area (Å²) >= 11 is 0. The molecule has 1 saturated heterocycles. The van der Waals surface area contributed by atoms with E-state index >= 15 is 0 Å². The van der Waals surface area contributed by atoms with Crippen molar-refractivity contribution in [1.29, 1.82) is 0 Å². The zero-order valence-corrected chi connectivity index (χ0v) is 9.62. The molecule has 1 aromatic carbocycles. The molecule has 1 aliphatic heterocycles. The van der Waals surface area contributed by atoms with Crippen molar-refractivity contribution in [2.45, 2.75) is 18.8 Å². The molecule has 2 bridgehead atoms. The summed E-state index contributed by atoms with van der Waals surface area (Å²) in [6.45, 7) is 1.83. The van der Waals surface area contributed by atoms with Gasteiger partial charge in [0.05, 0.1) is 0 Å². The van der Waals surface area contributed by atoms with E-state index in [2.05, 4.69) is 5.32 Å². The zero-order valence-electron chi connectivity index (χ0n) is 8.80. The molecule has 88 valence electrons. The number of benzene rings is 1. The Kier molecular flexibility index (Phi) is 3.17. The first-order chi connectivity index (χ1) is 7.25. The number of nitrogens with one attached hydrogen (secondary N) is 1. The third kappa shape index (κ3) is 1.72. The van der Waals surface area contributed by atoms with Gasteiger partial charge >= 0.3 is 0 Å². The van der Waals surface area contributed by atoms with Gasteiger partial charge in [0, 0.05) is 6.54 Å². The summed E-state index contributed by atoms with van der Waals surface area (Å²) in [6.07, 6.45) is 1.80. The number of hydrogen-bond acceptors (Lipinski definition) is 1. The first-order valence-electron chi connectivity index (χ1n) is 5.43. The SMILES string of the molecule is Cl.Fc1ccc2c(c1F)C[C@@H]1CNC[C@H]2C1. The van der Waals surface area contributed by atoms with Crippen LogP contribution < -0.4 is 5.32 Å². The normalized spacial score (nSPS) is 26.9. The molecule has 2 atom stereocenters. The fraction of sp³-hybridized carbons (Fsp3) is 0.500. The van der Waals surface area contributed by atoms with E-state index in [1.165, 1.54) is 6.07 Å². The van der Waals surface area contributed by atoms with Crippen LogP contribution in [0, 0.1) is 17.6 Å². The van der Waals surface area contributed by atoms with Crippen LogP contribution in [0.1, 0.15) is 23.5 Å². The van der Waals surface area contributed by atoms with Crippen molar-refractivity contribution in [2.24, 2.45) is 5.92 Å². The van der Waals surface area contributed by atoms with Crippen molar-refractivity contribution in [3.63, 3.8) is 0 Å².